The Morgan fingerprint density at radius 1 is 1.30 bits per heavy atom. The van der Waals surface area contributed by atoms with Crippen molar-refractivity contribution in [1.82, 2.24) is 25.3 Å². The van der Waals surface area contributed by atoms with Gasteiger partial charge in [-0.1, -0.05) is 6.92 Å². The molecule has 108 valence electrons. The Bertz CT molecular complexity index is 716. The first-order chi connectivity index (χ1) is 9.69. The molecule has 2 atom stereocenters. The molecule has 0 aromatic carbocycles. The Kier molecular flexibility index (Phi) is 3.41. The van der Waals surface area contributed by atoms with E-state index in [2.05, 4.69) is 32.2 Å². The highest BCUT2D eigenvalue weighted by molar-refractivity contribution is 5.68. The maximum Gasteiger partial charge on any atom is 0.327 e. The predicted molar refractivity (Wildman–Crippen MR) is 73.0 cm³/mol. The smallest absolute Gasteiger partial charge is 0.327 e. The average Bonchev–Trinajstić information content (AvgIpc) is 3.01. The summed E-state index contributed by atoms with van der Waals surface area (Å²) >= 11 is 0. The SMILES string of the molecule is CCCNC1COCC1c1nc2[nH]c(=O)[nH]c(=O)c2[nH]1. The van der Waals surface area contributed by atoms with Gasteiger partial charge < -0.3 is 15.0 Å². The number of ether oxygens (including phenoxy) is 1. The van der Waals surface area contributed by atoms with Gasteiger partial charge in [0.05, 0.1) is 19.1 Å². The van der Waals surface area contributed by atoms with E-state index in [-0.39, 0.29) is 17.6 Å². The van der Waals surface area contributed by atoms with Gasteiger partial charge in [0.2, 0.25) is 0 Å². The zero-order chi connectivity index (χ0) is 14.1. The second-order valence-electron chi connectivity index (χ2n) is 4.96. The molecule has 8 nitrogen and oxygen atoms in total. The zero-order valence-corrected chi connectivity index (χ0v) is 11.2. The average molecular weight is 279 g/mol. The highest BCUT2D eigenvalue weighted by Crippen LogP contribution is 2.24. The van der Waals surface area contributed by atoms with Crippen LogP contribution >= 0.6 is 0 Å². The lowest BCUT2D eigenvalue weighted by Gasteiger charge is -2.16. The van der Waals surface area contributed by atoms with Crippen LogP contribution in [0, 0.1) is 0 Å². The molecule has 0 saturated carbocycles. The van der Waals surface area contributed by atoms with Gasteiger partial charge in [0.1, 0.15) is 11.3 Å². The first-order valence-corrected chi connectivity index (χ1v) is 6.72. The number of aromatic nitrogens is 4. The molecule has 20 heavy (non-hydrogen) atoms. The van der Waals surface area contributed by atoms with Crippen molar-refractivity contribution in [1.29, 1.82) is 0 Å². The van der Waals surface area contributed by atoms with Crippen molar-refractivity contribution >= 4 is 11.2 Å². The van der Waals surface area contributed by atoms with Crippen molar-refractivity contribution < 1.29 is 4.74 Å². The van der Waals surface area contributed by atoms with Crippen LogP contribution in [-0.4, -0.2) is 45.7 Å². The van der Waals surface area contributed by atoms with Crippen LogP contribution < -0.4 is 16.6 Å². The minimum atomic E-state index is -0.552. The Labute approximate surface area is 114 Å². The third kappa shape index (κ3) is 2.27. The Hall–Kier alpha value is -1.93. The van der Waals surface area contributed by atoms with E-state index in [1.54, 1.807) is 0 Å². The number of hydrogen-bond donors (Lipinski definition) is 4. The van der Waals surface area contributed by atoms with E-state index in [0.29, 0.717) is 24.6 Å². The quantitative estimate of drug-likeness (QED) is 0.597. The molecule has 3 rings (SSSR count). The maximum atomic E-state index is 11.7. The monoisotopic (exact) mass is 279 g/mol. The van der Waals surface area contributed by atoms with E-state index >= 15 is 0 Å². The molecule has 0 amide bonds. The number of nitrogens with zero attached hydrogens (tertiary/aromatic N) is 1. The molecular weight excluding hydrogens is 262 g/mol. The first kappa shape index (κ1) is 13.1. The summed E-state index contributed by atoms with van der Waals surface area (Å²) < 4.78 is 5.49. The van der Waals surface area contributed by atoms with Crippen LogP contribution in [0.2, 0.25) is 0 Å². The molecule has 3 heterocycles. The number of imidazole rings is 1. The Balaban J connectivity index is 1.95. The van der Waals surface area contributed by atoms with Gasteiger partial charge in [-0.05, 0) is 13.0 Å². The summed E-state index contributed by atoms with van der Waals surface area (Å²) in [5.41, 5.74) is -0.431. The molecule has 1 aliphatic rings. The van der Waals surface area contributed by atoms with Crippen molar-refractivity contribution in [2.24, 2.45) is 0 Å². The lowest BCUT2D eigenvalue weighted by Crippen LogP contribution is -2.35. The molecule has 4 N–H and O–H groups in total. The normalized spacial score (nSPS) is 22.6. The van der Waals surface area contributed by atoms with E-state index in [0.717, 1.165) is 13.0 Å². The van der Waals surface area contributed by atoms with Crippen molar-refractivity contribution in [2.75, 3.05) is 19.8 Å². The van der Waals surface area contributed by atoms with Gasteiger partial charge in [-0.25, -0.2) is 9.78 Å². The van der Waals surface area contributed by atoms with E-state index in [1.807, 2.05) is 0 Å². The van der Waals surface area contributed by atoms with Crippen molar-refractivity contribution in [2.45, 2.75) is 25.3 Å². The summed E-state index contributed by atoms with van der Waals surface area (Å²) in [6.45, 7) is 4.17. The molecule has 0 bridgehead atoms. The summed E-state index contributed by atoms with van der Waals surface area (Å²) in [7, 11) is 0. The highest BCUT2D eigenvalue weighted by Gasteiger charge is 2.31. The predicted octanol–water partition coefficient (Wildman–Crippen LogP) is -0.578. The second-order valence-corrected chi connectivity index (χ2v) is 4.96. The number of hydrogen-bond acceptors (Lipinski definition) is 5. The van der Waals surface area contributed by atoms with Gasteiger partial charge in [-0.3, -0.25) is 14.8 Å². The van der Waals surface area contributed by atoms with Gasteiger partial charge in [0.25, 0.3) is 5.56 Å². The second kappa shape index (κ2) is 5.22. The van der Waals surface area contributed by atoms with Gasteiger partial charge in [-0.2, -0.15) is 0 Å². The number of rotatable bonds is 4. The van der Waals surface area contributed by atoms with Gasteiger partial charge in [-0.15, -0.1) is 0 Å². The molecule has 1 aliphatic heterocycles. The third-order valence-corrected chi connectivity index (χ3v) is 3.50. The minimum Gasteiger partial charge on any atom is -0.379 e. The Morgan fingerprint density at radius 2 is 2.15 bits per heavy atom. The molecule has 8 heteroatoms. The van der Waals surface area contributed by atoms with Crippen LogP contribution in [0.4, 0.5) is 0 Å². The topological polar surface area (TPSA) is 116 Å². The largest absolute Gasteiger partial charge is 0.379 e. The molecule has 2 aromatic rings. The first-order valence-electron chi connectivity index (χ1n) is 6.72. The van der Waals surface area contributed by atoms with E-state index in [1.165, 1.54) is 0 Å². The standard InChI is InChI=1S/C12H17N5O3/c1-2-3-13-7-5-20-4-6(7)9-14-8-10(15-9)16-12(19)17-11(8)18/h6-7,13H,2-5H2,1H3,(H3,14,15,16,17,18,19). The lowest BCUT2D eigenvalue weighted by atomic mass is 10.0. The van der Waals surface area contributed by atoms with E-state index in [9.17, 15) is 9.59 Å². The Morgan fingerprint density at radius 3 is 2.95 bits per heavy atom. The van der Waals surface area contributed by atoms with Crippen LogP contribution in [0.1, 0.15) is 25.1 Å². The number of aromatic amines is 3. The fraction of sp³-hybridized carbons (Fsp3) is 0.583. The summed E-state index contributed by atoms with van der Waals surface area (Å²) in [6, 6.07) is 0.168. The molecule has 1 saturated heterocycles. The highest BCUT2D eigenvalue weighted by atomic mass is 16.5. The molecule has 2 unspecified atom stereocenters. The molecule has 0 aliphatic carbocycles. The van der Waals surface area contributed by atoms with Crippen molar-refractivity contribution in [3.8, 4) is 0 Å². The van der Waals surface area contributed by atoms with Crippen LogP contribution in [0.15, 0.2) is 9.59 Å². The molecule has 0 radical (unpaired) electrons. The maximum absolute atomic E-state index is 11.7. The van der Waals surface area contributed by atoms with E-state index in [4.69, 9.17) is 4.74 Å². The van der Waals surface area contributed by atoms with Gasteiger partial charge in [0.15, 0.2) is 5.65 Å². The summed E-state index contributed by atoms with van der Waals surface area (Å²) in [5.74, 6) is 0.718. The van der Waals surface area contributed by atoms with Crippen LogP contribution in [0.3, 0.4) is 0 Å². The van der Waals surface area contributed by atoms with Crippen LogP contribution in [-0.2, 0) is 4.74 Å². The third-order valence-electron chi connectivity index (χ3n) is 3.50. The van der Waals surface area contributed by atoms with E-state index < -0.39 is 11.2 Å². The summed E-state index contributed by atoms with van der Waals surface area (Å²) in [6.07, 6.45) is 1.04. The fourth-order valence-electron chi connectivity index (χ4n) is 2.48. The number of nitrogens with one attached hydrogen (secondary N) is 4. The summed E-state index contributed by atoms with van der Waals surface area (Å²) in [4.78, 5) is 34.9. The molecule has 0 spiro atoms. The molecule has 2 aromatic heterocycles. The van der Waals surface area contributed by atoms with Crippen molar-refractivity contribution in [3.63, 3.8) is 0 Å². The van der Waals surface area contributed by atoms with Crippen LogP contribution in [0.5, 0.6) is 0 Å². The summed E-state index contributed by atoms with van der Waals surface area (Å²) in [5, 5.41) is 3.41. The minimum absolute atomic E-state index is 0.0526. The van der Waals surface area contributed by atoms with Gasteiger partial charge in [0, 0.05) is 6.04 Å². The fourth-order valence-corrected chi connectivity index (χ4v) is 2.48. The molecular formula is C12H17N5O3. The van der Waals surface area contributed by atoms with Gasteiger partial charge >= 0.3 is 5.69 Å². The van der Waals surface area contributed by atoms with Crippen molar-refractivity contribution in [3.05, 3.63) is 26.7 Å². The van der Waals surface area contributed by atoms with Crippen LogP contribution in [0.25, 0.3) is 11.2 Å². The number of H-pyrrole nitrogens is 3. The molecule has 1 fully saturated rings. The lowest BCUT2D eigenvalue weighted by molar-refractivity contribution is 0.187. The zero-order valence-electron chi connectivity index (χ0n) is 11.2. The number of fused-ring (bicyclic) bond motifs is 1.